The van der Waals surface area contributed by atoms with Crippen LogP contribution in [0.5, 0.6) is 0 Å². The highest BCUT2D eigenvalue weighted by molar-refractivity contribution is 7.18. The lowest BCUT2D eigenvalue weighted by Crippen LogP contribution is -2.29. The minimum Gasteiger partial charge on any atom is -0.507 e. The summed E-state index contributed by atoms with van der Waals surface area (Å²) in [7, 11) is 0. The van der Waals surface area contributed by atoms with Crippen molar-refractivity contribution in [3.8, 4) is 0 Å². The molecule has 1 atom stereocenters. The van der Waals surface area contributed by atoms with Crippen LogP contribution in [0.1, 0.15) is 43.0 Å². The average molecular weight is 495 g/mol. The molecule has 7 nitrogen and oxygen atoms in total. The van der Waals surface area contributed by atoms with E-state index in [1.54, 1.807) is 19.1 Å². The topological polar surface area (TPSA) is 96.8 Å². The lowest BCUT2D eigenvalue weighted by Gasteiger charge is -2.21. The minimum atomic E-state index is -0.873. The molecular formula is C25H22N2O5S2. The maximum atomic E-state index is 13.2. The number of aromatic nitrogens is 1. The number of ether oxygens (including phenoxy) is 1. The molecule has 2 aromatic heterocycles. The maximum absolute atomic E-state index is 13.2. The van der Waals surface area contributed by atoms with Gasteiger partial charge in [-0.2, -0.15) is 0 Å². The van der Waals surface area contributed by atoms with Crippen LogP contribution in [0.4, 0.5) is 5.13 Å². The van der Waals surface area contributed by atoms with Crippen molar-refractivity contribution in [3.63, 3.8) is 0 Å². The Labute approximate surface area is 204 Å². The largest absolute Gasteiger partial charge is 0.507 e. The van der Waals surface area contributed by atoms with Crippen molar-refractivity contribution in [1.82, 2.24) is 4.98 Å². The summed E-state index contributed by atoms with van der Waals surface area (Å²) in [6.07, 6.45) is 1.46. The number of rotatable bonds is 6. The fourth-order valence-corrected chi connectivity index (χ4v) is 5.57. The van der Waals surface area contributed by atoms with Crippen LogP contribution in [-0.2, 0) is 14.3 Å². The van der Waals surface area contributed by atoms with E-state index < -0.39 is 23.7 Å². The van der Waals surface area contributed by atoms with Crippen LogP contribution in [-0.4, -0.2) is 34.4 Å². The van der Waals surface area contributed by atoms with E-state index in [-0.39, 0.29) is 27.9 Å². The molecular weight excluding hydrogens is 472 g/mol. The SMILES string of the molecule is C=CCOC(=O)c1sc(N2C(=O)C(=O)C(=C(O)c3cc(C)ccc3C)C2c2cccs2)nc1C. The molecule has 3 heterocycles. The Kier molecular flexibility index (Phi) is 6.49. The molecule has 1 aliphatic heterocycles. The Bertz CT molecular complexity index is 1340. The average Bonchev–Trinajstić information content (AvgIpc) is 3.52. The van der Waals surface area contributed by atoms with Gasteiger partial charge in [0.25, 0.3) is 5.78 Å². The Balaban J connectivity index is 1.87. The van der Waals surface area contributed by atoms with Crippen LogP contribution >= 0.6 is 22.7 Å². The molecule has 1 aliphatic rings. The normalized spacial score (nSPS) is 17.3. The Morgan fingerprint density at radius 1 is 1.26 bits per heavy atom. The molecule has 3 aromatic rings. The van der Waals surface area contributed by atoms with Gasteiger partial charge in [0.05, 0.1) is 11.3 Å². The highest BCUT2D eigenvalue weighted by Gasteiger charge is 2.49. The Morgan fingerprint density at radius 3 is 2.71 bits per heavy atom. The van der Waals surface area contributed by atoms with Gasteiger partial charge in [0.15, 0.2) is 5.13 Å². The van der Waals surface area contributed by atoms with Crippen molar-refractivity contribution in [3.05, 3.63) is 86.1 Å². The third-order valence-electron chi connectivity index (χ3n) is 5.41. The number of aryl methyl sites for hydroxylation is 3. The van der Waals surface area contributed by atoms with E-state index in [1.807, 2.05) is 37.4 Å². The number of hydrogen-bond donors (Lipinski definition) is 1. The number of aliphatic hydroxyl groups is 1. The first-order chi connectivity index (χ1) is 16.2. The van der Waals surface area contributed by atoms with Crippen LogP contribution in [0.3, 0.4) is 0 Å². The second-order valence-electron chi connectivity index (χ2n) is 7.80. The highest BCUT2D eigenvalue weighted by atomic mass is 32.1. The van der Waals surface area contributed by atoms with Crippen LogP contribution in [0.15, 0.2) is 53.9 Å². The number of ketones is 1. The van der Waals surface area contributed by atoms with Gasteiger partial charge in [-0.05, 0) is 43.8 Å². The minimum absolute atomic E-state index is 0.00946. The first-order valence-electron chi connectivity index (χ1n) is 10.4. The number of aliphatic hydroxyl groups excluding tert-OH is 1. The maximum Gasteiger partial charge on any atom is 0.350 e. The fourth-order valence-electron chi connectivity index (χ4n) is 3.76. The number of Topliss-reactive ketones (excluding diaryl/α,β-unsaturated/α-hetero) is 1. The van der Waals surface area contributed by atoms with Gasteiger partial charge < -0.3 is 9.84 Å². The fraction of sp³-hybridized carbons (Fsp3) is 0.200. The molecule has 1 fully saturated rings. The standard InChI is InChI=1S/C25H22N2O5S2/c1-5-10-32-24(31)22-15(4)26-25(34-22)27-19(17-7-6-11-33-17)18(21(29)23(27)30)20(28)16-12-13(2)8-9-14(16)3/h5-9,11-12,19,28H,1,10H2,2-4H3. The summed E-state index contributed by atoms with van der Waals surface area (Å²) < 4.78 is 5.12. The van der Waals surface area contributed by atoms with E-state index in [1.165, 1.54) is 22.3 Å². The molecule has 1 unspecified atom stereocenters. The lowest BCUT2D eigenvalue weighted by atomic mass is 9.96. The smallest absolute Gasteiger partial charge is 0.350 e. The van der Waals surface area contributed by atoms with Gasteiger partial charge in [-0.3, -0.25) is 14.5 Å². The summed E-state index contributed by atoms with van der Waals surface area (Å²) in [4.78, 5) is 45.5. The zero-order chi connectivity index (χ0) is 24.6. The number of esters is 1. The number of thiazole rings is 1. The van der Waals surface area contributed by atoms with Gasteiger partial charge in [-0.25, -0.2) is 9.78 Å². The van der Waals surface area contributed by atoms with E-state index >= 15 is 0 Å². The molecule has 9 heteroatoms. The Morgan fingerprint density at radius 2 is 2.03 bits per heavy atom. The first-order valence-corrected chi connectivity index (χ1v) is 12.1. The summed E-state index contributed by atoms with van der Waals surface area (Å²) in [5.41, 5.74) is 2.55. The monoisotopic (exact) mass is 494 g/mol. The van der Waals surface area contributed by atoms with Crippen LogP contribution in [0, 0.1) is 20.8 Å². The number of carbonyl (C=O) groups excluding carboxylic acids is 3. The van der Waals surface area contributed by atoms with E-state index in [9.17, 15) is 19.5 Å². The van der Waals surface area contributed by atoms with Crippen LogP contribution in [0.2, 0.25) is 0 Å². The van der Waals surface area contributed by atoms with Gasteiger partial charge in [0.2, 0.25) is 0 Å². The van der Waals surface area contributed by atoms with E-state index in [0.717, 1.165) is 22.5 Å². The van der Waals surface area contributed by atoms with Crippen molar-refractivity contribution in [1.29, 1.82) is 0 Å². The molecule has 0 saturated carbocycles. The van der Waals surface area contributed by atoms with Gasteiger partial charge in [0.1, 0.15) is 23.3 Å². The summed E-state index contributed by atoms with van der Waals surface area (Å²) in [6.45, 7) is 8.92. The van der Waals surface area contributed by atoms with Crippen molar-refractivity contribution >= 4 is 51.2 Å². The summed E-state index contributed by atoms with van der Waals surface area (Å²) >= 11 is 2.33. The quantitative estimate of drug-likeness (QED) is 0.168. The molecule has 1 N–H and O–H groups in total. The number of amides is 1. The first kappa shape index (κ1) is 23.6. The van der Waals surface area contributed by atoms with Gasteiger partial charge in [-0.15, -0.1) is 11.3 Å². The highest BCUT2D eigenvalue weighted by Crippen LogP contribution is 2.45. The number of anilines is 1. The molecule has 34 heavy (non-hydrogen) atoms. The van der Waals surface area contributed by atoms with E-state index in [2.05, 4.69) is 11.6 Å². The van der Waals surface area contributed by atoms with E-state index in [0.29, 0.717) is 16.1 Å². The Hall–Kier alpha value is -3.56. The van der Waals surface area contributed by atoms with E-state index in [4.69, 9.17) is 4.74 Å². The summed E-state index contributed by atoms with van der Waals surface area (Å²) in [5.74, 6) is -2.44. The number of hydrogen-bond acceptors (Lipinski definition) is 8. The molecule has 0 aliphatic carbocycles. The molecule has 1 aromatic carbocycles. The van der Waals surface area contributed by atoms with Crippen LogP contribution < -0.4 is 4.90 Å². The third-order valence-corrected chi connectivity index (χ3v) is 7.48. The molecule has 1 amide bonds. The zero-order valence-corrected chi connectivity index (χ0v) is 20.5. The number of benzene rings is 1. The predicted molar refractivity (Wildman–Crippen MR) is 132 cm³/mol. The third kappa shape index (κ3) is 4.08. The van der Waals surface area contributed by atoms with Crippen molar-refractivity contribution in [2.24, 2.45) is 0 Å². The second-order valence-corrected chi connectivity index (χ2v) is 9.76. The number of thiophene rings is 1. The zero-order valence-electron chi connectivity index (χ0n) is 18.8. The van der Waals surface area contributed by atoms with Crippen molar-refractivity contribution in [2.45, 2.75) is 26.8 Å². The van der Waals surface area contributed by atoms with Crippen LogP contribution in [0.25, 0.3) is 5.76 Å². The summed E-state index contributed by atoms with van der Waals surface area (Å²) in [5, 5.41) is 13.3. The van der Waals surface area contributed by atoms with Gasteiger partial charge in [0, 0.05) is 10.4 Å². The lowest BCUT2D eigenvalue weighted by molar-refractivity contribution is -0.132. The molecule has 4 rings (SSSR count). The molecule has 0 spiro atoms. The van der Waals surface area contributed by atoms with Crippen molar-refractivity contribution < 1.29 is 24.2 Å². The predicted octanol–water partition coefficient (Wildman–Crippen LogP) is 5.10. The number of carbonyl (C=O) groups is 3. The van der Waals surface area contributed by atoms with Gasteiger partial charge in [-0.1, -0.05) is 47.8 Å². The molecule has 1 saturated heterocycles. The number of nitrogens with zero attached hydrogens (tertiary/aromatic N) is 2. The second kappa shape index (κ2) is 9.36. The summed E-state index contributed by atoms with van der Waals surface area (Å²) in [6, 6.07) is 8.28. The molecule has 0 radical (unpaired) electrons. The molecule has 0 bridgehead atoms. The van der Waals surface area contributed by atoms with Crippen molar-refractivity contribution in [2.75, 3.05) is 11.5 Å². The molecule has 174 valence electrons. The van der Waals surface area contributed by atoms with Gasteiger partial charge >= 0.3 is 11.9 Å².